The molecule has 3 rings (SSSR count). The second kappa shape index (κ2) is 9.49. The van der Waals surface area contributed by atoms with Crippen LogP contribution in [0, 0.1) is 15.9 Å². The summed E-state index contributed by atoms with van der Waals surface area (Å²) in [6, 6.07) is 2.98. The van der Waals surface area contributed by atoms with Gasteiger partial charge in [-0.3, -0.25) is 10.1 Å². The molecule has 1 amide bonds. The minimum atomic E-state index is -2.90. The van der Waals surface area contributed by atoms with E-state index in [0.717, 1.165) is 23.1 Å². The third kappa shape index (κ3) is 5.50. The number of nitrogen functional groups attached to an aromatic ring is 1. The molecule has 1 aromatic heterocycles. The molecule has 0 fully saturated rings. The molecule has 0 spiro atoms. The lowest BCUT2D eigenvalue weighted by atomic mass is 10.1. The molecule has 11 nitrogen and oxygen atoms in total. The van der Waals surface area contributed by atoms with Gasteiger partial charge in [0.2, 0.25) is 5.82 Å². The molecule has 0 unspecified atom stereocenters. The molecular weight excluding hydrogens is 463 g/mol. The first-order chi connectivity index (χ1) is 15.9. The average Bonchev–Trinajstić information content (AvgIpc) is 2.71. The maximum Gasteiger partial charge on any atom is 0.405 e. The Kier molecular flexibility index (Phi) is 6.88. The molecule has 4 N–H and O–H groups in total. The first-order valence-electron chi connectivity index (χ1n) is 9.90. The standard InChI is InChI=1S/C20H22F3N5O6/c1-20(2,34-19(25)29)9-33-14-4-3-11(21)5-10(14)7-27-13(16(22)23)8-32-15-6-12(28(30)31)17(24)26-18(15)27/h3-6,13,16H,7-9H2,1-2H3,(H2,24,26)(H2,25,29)/t13-/m0/s1. The summed E-state index contributed by atoms with van der Waals surface area (Å²) >= 11 is 0. The number of primary amides is 1. The number of carbonyl (C=O) groups excluding carboxylic acids is 1. The molecule has 34 heavy (non-hydrogen) atoms. The number of nitrogens with zero attached hydrogens (tertiary/aromatic N) is 3. The van der Waals surface area contributed by atoms with Gasteiger partial charge in [0.1, 0.15) is 36.4 Å². The third-order valence-electron chi connectivity index (χ3n) is 4.86. The Labute approximate surface area is 191 Å². The smallest absolute Gasteiger partial charge is 0.405 e. The highest BCUT2D eigenvalue weighted by Crippen LogP contribution is 2.40. The number of amides is 1. The van der Waals surface area contributed by atoms with E-state index < -0.39 is 53.0 Å². The minimum Gasteiger partial charge on any atom is -0.489 e. The number of nitrogens with two attached hydrogens (primary N) is 2. The predicted octanol–water partition coefficient (Wildman–Crippen LogP) is 3.00. The molecule has 0 saturated heterocycles. The summed E-state index contributed by atoms with van der Waals surface area (Å²) in [5.41, 5.74) is 9.17. The van der Waals surface area contributed by atoms with Crippen molar-refractivity contribution in [2.45, 2.75) is 38.5 Å². The van der Waals surface area contributed by atoms with Crippen LogP contribution in [0.15, 0.2) is 24.3 Å². The molecule has 2 aromatic rings. The molecular formula is C20H22F3N5O6. The zero-order valence-corrected chi connectivity index (χ0v) is 18.2. The van der Waals surface area contributed by atoms with Crippen LogP contribution in [0.4, 0.5) is 35.3 Å². The fourth-order valence-corrected chi connectivity index (χ4v) is 3.32. The fraction of sp³-hybridized carbons (Fsp3) is 0.400. The highest BCUT2D eigenvalue weighted by Gasteiger charge is 2.37. The van der Waals surface area contributed by atoms with Gasteiger partial charge in [0.25, 0.3) is 6.43 Å². The first kappa shape index (κ1) is 24.7. The monoisotopic (exact) mass is 485 g/mol. The second-order valence-corrected chi connectivity index (χ2v) is 8.03. The molecule has 184 valence electrons. The van der Waals surface area contributed by atoms with E-state index >= 15 is 0 Å². The zero-order valence-electron chi connectivity index (χ0n) is 18.2. The molecule has 0 radical (unpaired) electrons. The van der Waals surface area contributed by atoms with Crippen LogP contribution < -0.4 is 25.8 Å². The topological polar surface area (TPSA) is 156 Å². The van der Waals surface area contributed by atoms with Gasteiger partial charge in [-0.15, -0.1) is 0 Å². The van der Waals surface area contributed by atoms with Crippen LogP contribution in [0.5, 0.6) is 11.5 Å². The van der Waals surface area contributed by atoms with Gasteiger partial charge in [0, 0.05) is 12.1 Å². The number of pyridine rings is 1. The van der Waals surface area contributed by atoms with Crippen LogP contribution >= 0.6 is 0 Å². The van der Waals surface area contributed by atoms with Gasteiger partial charge < -0.3 is 30.6 Å². The summed E-state index contributed by atoms with van der Waals surface area (Å²) in [5.74, 6) is -1.31. The van der Waals surface area contributed by atoms with Crippen LogP contribution in [0.2, 0.25) is 0 Å². The van der Waals surface area contributed by atoms with E-state index in [0.29, 0.717) is 0 Å². The van der Waals surface area contributed by atoms with E-state index in [1.165, 1.54) is 19.9 Å². The highest BCUT2D eigenvalue weighted by molar-refractivity contribution is 5.67. The first-order valence-corrected chi connectivity index (χ1v) is 9.90. The highest BCUT2D eigenvalue weighted by atomic mass is 19.3. The molecule has 0 aliphatic carbocycles. The lowest BCUT2D eigenvalue weighted by molar-refractivity contribution is -0.384. The Bertz CT molecular complexity index is 1100. The van der Waals surface area contributed by atoms with E-state index in [1.54, 1.807) is 0 Å². The van der Waals surface area contributed by atoms with Gasteiger partial charge >= 0.3 is 11.8 Å². The van der Waals surface area contributed by atoms with Gasteiger partial charge in [-0.1, -0.05) is 0 Å². The van der Waals surface area contributed by atoms with Crippen molar-refractivity contribution in [3.05, 3.63) is 45.8 Å². The van der Waals surface area contributed by atoms with Crippen LogP contribution in [0.1, 0.15) is 19.4 Å². The number of aromatic nitrogens is 1. The maximum absolute atomic E-state index is 14.1. The molecule has 1 aliphatic heterocycles. The second-order valence-electron chi connectivity index (χ2n) is 8.03. The number of rotatable bonds is 8. The number of nitro groups is 1. The number of fused-ring (bicyclic) bond motifs is 1. The summed E-state index contributed by atoms with van der Waals surface area (Å²) < 4.78 is 57.6. The largest absolute Gasteiger partial charge is 0.489 e. The Hall–Kier alpha value is -3.97. The van der Waals surface area contributed by atoms with E-state index in [4.69, 9.17) is 25.7 Å². The van der Waals surface area contributed by atoms with Crippen molar-refractivity contribution in [1.29, 1.82) is 0 Å². The lowest BCUT2D eigenvalue weighted by Gasteiger charge is -2.37. The number of halogens is 3. The number of benzene rings is 1. The van der Waals surface area contributed by atoms with E-state index in [1.807, 2.05) is 0 Å². The SMILES string of the molecule is CC(C)(COc1ccc(F)cc1CN1c2nc(N)c([N+](=O)[O-])cc2OC[C@H]1C(F)F)OC(N)=O. The Morgan fingerprint density at radius 1 is 1.41 bits per heavy atom. The summed E-state index contributed by atoms with van der Waals surface area (Å²) in [7, 11) is 0. The van der Waals surface area contributed by atoms with E-state index in [9.17, 15) is 28.1 Å². The molecule has 14 heteroatoms. The summed E-state index contributed by atoms with van der Waals surface area (Å²) in [6.45, 7) is 2.07. The summed E-state index contributed by atoms with van der Waals surface area (Å²) in [6.07, 6.45) is -3.91. The Balaban J connectivity index is 1.97. The molecule has 0 saturated carbocycles. The molecule has 1 aromatic carbocycles. The number of anilines is 2. The number of ether oxygens (including phenoxy) is 3. The lowest BCUT2D eigenvalue weighted by Crippen LogP contribution is -2.47. The third-order valence-corrected chi connectivity index (χ3v) is 4.86. The predicted molar refractivity (Wildman–Crippen MR) is 113 cm³/mol. The quantitative estimate of drug-likeness (QED) is 0.424. The van der Waals surface area contributed by atoms with Crippen LogP contribution in [-0.4, -0.2) is 47.3 Å². The number of carbonyl (C=O) groups is 1. The van der Waals surface area contributed by atoms with E-state index in [2.05, 4.69) is 4.98 Å². The van der Waals surface area contributed by atoms with Crippen molar-refractivity contribution < 1.29 is 37.1 Å². The van der Waals surface area contributed by atoms with Gasteiger partial charge in [-0.25, -0.2) is 22.9 Å². The van der Waals surface area contributed by atoms with Gasteiger partial charge in [-0.2, -0.15) is 0 Å². The van der Waals surface area contributed by atoms with Crippen molar-refractivity contribution in [2.24, 2.45) is 5.73 Å². The molecule has 1 aliphatic rings. The number of hydrogen-bond acceptors (Lipinski definition) is 9. The van der Waals surface area contributed by atoms with Gasteiger partial charge in [0.05, 0.1) is 11.0 Å². The number of alkyl halides is 2. The van der Waals surface area contributed by atoms with Crippen molar-refractivity contribution in [2.75, 3.05) is 23.8 Å². The van der Waals surface area contributed by atoms with Crippen molar-refractivity contribution in [3.63, 3.8) is 0 Å². The van der Waals surface area contributed by atoms with Crippen LogP contribution in [0.3, 0.4) is 0 Å². The minimum absolute atomic E-state index is 0.118. The Morgan fingerprint density at radius 2 is 2.12 bits per heavy atom. The van der Waals surface area contributed by atoms with Crippen molar-refractivity contribution >= 4 is 23.4 Å². The van der Waals surface area contributed by atoms with Gasteiger partial charge in [0.15, 0.2) is 11.6 Å². The average molecular weight is 485 g/mol. The van der Waals surface area contributed by atoms with Crippen molar-refractivity contribution in [3.8, 4) is 11.5 Å². The molecule has 1 atom stereocenters. The number of hydrogen-bond donors (Lipinski definition) is 2. The van der Waals surface area contributed by atoms with Crippen LogP contribution in [-0.2, 0) is 11.3 Å². The van der Waals surface area contributed by atoms with Crippen molar-refractivity contribution in [1.82, 2.24) is 4.98 Å². The molecule has 0 bridgehead atoms. The van der Waals surface area contributed by atoms with Gasteiger partial charge in [-0.05, 0) is 32.0 Å². The van der Waals surface area contributed by atoms with E-state index in [-0.39, 0.29) is 36.0 Å². The molecule has 2 heterocycles. The zero-order chi connectivity index (χ0) is 25.2. The Morgan fingerprint density at radius 3 is 2.74 bits per heavy atom. The normalized spacial score (nSPS) is 15.5. The summed E-state index contributed by atoms with van der Waals surface area (Å²) in [5, 5.41) is 11.2. The fourth-order valence-electron chi connectivity index (χ4n) is 3.32. The van der Waals surface area contributed by atoms with Crippen LogP contribution in [0.25, 0.3) is 0 Å². The summed E-state index contributed by atoms with van der Waals surface area (Å²) in [4.78, 5) is 26.5. The maximum atomic E-state index is 14.1.